The van der Waals surface area contributed by atoms with Crippen LogP contribution in [0.5, 0.6) is 5.75 Å². The van der Waals surface area contributed by atoms with Crippen LogP contribution in [-0.4, -0.2) is 35.7 Å². The van der Waals surface area contributed by atoms with Crippen LogP contribution in [0.1, 0.15) is 20.8 Å². The standard InChI is InChI=1S/C14H20N2O5/c1-9(2)21-13-7-11(5-6-12(13)16(19)20)15(4)8-10(3)14(17)18/h5-7,9-10H,8H2,1-4H3,(H,17,18). The summed E-state index contributed by atoms with van der Waals surface area (Å²) in [4.78, 5) is 23.1. The van der Waals surface area contributed by atoms with E-state index in [1.54, 1.807) is 44.9 Å². The Kier molecular flexibility index (Phi) is 5.52. The molecule has 1 atom stereocenters. The van der Waals surface area contributed by atoms with Gasteiger partial charge in [-0.05, 0) is 19.9 Å². The van der Waals surface area contributed by atoms with Crippen LogP contribution in [0.25, 0.3) is 0 Å². The van der Waals surface area contributed by atoms with Gasteiger partial charge in [0.15, 0.2) is 5.75 Å². The van der Waals surface area contributed by atoms with Crippen LogP contribution < -0.4 is 9.64 Å². The van der Waals surface area contributed by atoms with E-state index in [1.807, 2.05) is 0 Å². The van der Waals surface area contributed by atoms with E-state index in [1.165, 1.54) is 6.07 Å². The van der Waals surface area contributed by atoms with Crippen LogP contribution in [-0.2, 0) is 4.79 Å². The van der Waals surface area contributed by atoms with Gasteiger partial charge in [0.25, 0.3) is 0 Å². The largest absolute Gasteiger partial charge is 0.484 e. The molecule has 0 radical (unpaired) electrons. The van der Waals surface area contributed by atoms with Gasteiger partial charge in [0.1, 0.15) is 0 Å². The first-order valence-electron chi connectivity index (χ1n) is 6.61. The SMILES string of the molecule is CC(C)Oc1cc(N(C)CC(C)C(=O)O)ccc1[N+](=O)[O-]. The van der Waals surface area contributed by atoms with E-state index in [4.69, 9.17) is 9.84 Å². The maximum absolute atomic E-state index is 11.0. The molecule has 21 heavy (non-hydrogen) atoms. The minimum atomic E-state index is -0.887. The van der Waals surface area contributed by atoms with Crippen LogP contribution >= 0.6 is 0 Å². The number of aliphatic carboxylic acids is 1. The summed E-state index contributed by atoms with van der Waals surface area (Å²) < 4.78 is 5.47. The second-order valence-electron chi connectivity index (χ2n) is 5.20. The van der Waals surface area contributed by atoms with Crippen molar-refractivity contribution in [2.75, 3.05) is 18.5 Å². The Morgan fingerprint density at radius 3 is 2.52 bits per heavy atom. The zero-order valence-corrected chi connectivity index (χ0v) is 12.6. The zero-order valence-electron chi connectivity index (χ0n) is 12.6. The number of anilines is 1. The van der Waals surface area contributed by atoms with Crippen molar-refractivity contribution in [1.82, 2.24) is 0 Å². The highest BCUT2D eigenvalue weighted by molar-refractivity contribution is 5.70. The smallest absolute Gasteiger partial charge is 0.311 e. The van der Waals surface area contributed by atoms with Crippen LogP contribution in [0.3, 0.4) is 0 Å². The summed E-state index contributed by atoms with van der Waals surface area (Å²) in [5.41, 5.74) is 0.566. The zero-order chi connectivity index (χ0) is 16.2. The monoisotopic (exact) mass is 296 g/mol. The molecule has 7 heteroatoms. The Hall–Kier alpha value is -2.31. The molecule has 0 fully saturated rings. The summed E-state index contributed by atoms with van der Waals surface area (Å²) in [6.07, 6.45) is -0.192. The highest BCUT2D eigenvalue weighted by atomic mass is 16.6. The van der Waals surface area contributed by atoms with Crippen molar-refractivity contribution in [1.29, 1.82) is 0 Å². The summed E-state index contributed by atoms with van der Waals surface area (Å²) in [7, 11) is 1.74. The molecule has 1 N–H and O–H groups in total. The van der Waals surface area contributed by atoms with Crippen molar-refractivity contribution in [2.24, 2.45) is 5.92 Å². The lowest BCUT2D eigenvalue weighted by Gasteiger charge is -2.22. The van der Waals surface area contributed by atoms with Gasteiger partial charge >= 0.3 is 11.7 Å². The van der Waals surface area contributed by atoms with E-state index in [9.17, 15) is 14.9 Å². The number of carbonyl (C=O) groups is 1. The van der Waals surface area contributed by atoms with Gasteiger partial charge in [-0.2, -0.15) is 0 Å². The molecule has 116 valence electrons. The summed E-state index contributed by atoms with van der Waals surface area (Å²) in [6.45, 7) is 5.48. The number of ether oxygens (including phenoxy) is 1. The molecule has 0 aliphatic carbocycles. The van der Waals surface area contributed by atoms with E-state index in [2.05, 4.69) is 0 Å². The van der Waals surface area contributed by atoms with E-state index in [-0.39, 0.29) is 17.5 Å². The first-order chi connectivity index (χ1) is 9.72. The molecular formula is C14H20N2O5. The molecule has 1 unspecified atom stereocenters. The summed E-state index contributed by atoms with van der Waals surface area (Å²) >= 11 is 0. The number of rotatable bonds is 7. The topological polar surface area (TPSA) is 92.9 Å². The molecule has 0 saturated heterocycles. The molecule has 0 amide bonds. The maximum atomic E-state index is 11.0. The minimum Gasteiger partial charge on any atom is -0.484 e. The number of nitro benzene ring substituents is 1. The van der Waals surface area contributed by atoms with Crippen molar-refractivity contribution in [3.8, 4) is 5.75 Å². The Bertz CT molecular complexity index is 530. The molecule has 0 bridgehead atoms. The Morgan fingerprint density at radius 2 is 2.05 bits per heavy atom. The predicted molar refractivity (Wildman–Crippen MR) is 78.9 cm³/mol. The van der Waals surface area contributed by atoms with Gasteiger partial charge in [0.2, 0.25) is 0 Å². The molecule has 1 rings (SSSR count). The second-order valence-corrected chi connectivity index (χ2v) is 5.20. The third kappa shape index (κ3) is 4.62. The normalized spacial score (nSPS) is 12.0. The van der Waals surface area contributed by atoms with Crippen LogP contribution in [0, 0.1) is 16.0 Å². The van der Waals surface area contributed by atoms with E-state index >= 15 is 0 Å². The minimum absolute atomic E-state index is 0.105. The molecule has 1 aromatic carbocycles. The number of hydrogen-bond acceptors (Lipinski definition) is 5. The van der Waals surface area contributed by atoms with Crippen molar-refractivity contribution >= 4 is 17.3 Å². The van der Waals surface area contributed by atoms with Crippen molar-refractivity contribution in [3.63, 3.8) is 0 Å². The fraction of sp³-hybridized carbons (Fsp3) is 0.500. The molecule has 0 saturated carbocycles. The quantitative estimate of drug-likeness (QED) is 0.614. The summed E-state index contributed by atoms with van der Waals surface area (Å²) in [5.74, 6) is -1.25. The lowest BCUT2D eigenvalue weighted by atomic mass is 10.1. The molecule has 0 aromatic heterocycles. The van der Waals surface area contributed by atoms with Crippen LogP contribution in [0.15, 0.2) is 18.2 Å². The maximum Gasteiger partial charge on any atom is 0.311 e. The Morgan fingerprint density at radius 1 is 1.43 bits per heavy atom. The average Bonchev–Trinajstić information content (AvgIpc) is 2.37. The van der Waals surface area contributed by atoms with Gasteiger partial charge in [-0.3, -0.25) is 14.9 Å². The number of benzene rings is 1. The third-order valence-corrected chi connectivity index (χ3v) is 2.91. The molecule has 0 aliphatic heterocycles. The Labute approximate surface area is 123 Å². The van der Waals surface area contributed by atoms with Crippen molar-refractivity contribution in [3.05, 3.63) is 28.3 Å². The number of hydrogen-bond donors (Lipinski definition) is 1. The highest BCUT2D eigenvalue weighted by Gasteiger charge is 2.19. The highest BCUT2D eigenvalue weighted by Crippen LogP contribution is 2.32. The molecule has 7 nitrogen and oxygen atoms in total. The van der Waals surface area contributed by atoms with Gasteiger partial charge in [-0.15, -0.1) is 0 Å². The average molecular weight is 296 g/mol. The predicted octanol–water partition coefficient (Wildman–Crippen LogP) is 2.54. The molecule has 0 aliphatic rings. The number of nitro groups is 1. The molecular weight excluding hydrogens is 276 g/mol. The van der Waals surface area contributed by atoms with E-state index < -0.39 is 16.8 Å². The van der Waals surface area contributed by atoms with Gasteiger partial charge < -0.3 is 14.7 Å². The third-order valence-electron chi connectivity index (χ3n) is 2.91. The van der Waals surface area contributed by atoms with Gasteiger partial charge in [-0.1, -0.05) is 6.92 Å². The molecule has 0 heterocycles. The van der Waals surface area contributed by atoms with Crippen LogP contribution in [0.4, 0.5) is 11.4 Å². The van der Waals surface area contributed by atoms with Gasteiger partial charge in [-0.25, -0.2) is 0 Å². The fourth-order valence-corrected chi connectivity index (χ4v) is 1.83. The van der Waals surface area contributed by atoms with E-state index in [0.29, 0.717) is 12.2 Å². The second kappa shape index (κ2) is 6.92. The van der Waals surface area contributed by atoms with Crippen molar-refractivity contribution < 1.29 is 19.6 Å². The first kappa shape index (κ1) is 16.7. The summed E-state index contributed by atoms with van der Waals surface area (Å²) in [6, 6.07) is 4.52. The number of nitrogens with zero attached hydrogens (tertiary/aromatic N) is 2. The number of carboxylic acids is 1. The van der Waals surface area contributed by atoms with Gasteiger partial charge in [0.05, 0.1) is 16.9 Å². The molecule has 0 spiro atoms. The lowest BCUT2D eigenvalue weighted by molar-refractivity contribution is -0.386. The Balaban J connectivity index is 3.03. The lowest BCUT2D eigenvalue weighted by Crippen LogP contribution is -2.28. The first-order valence-corrected chi connectivity index (χ1v) is 6.61. The fourth-order valence-electron chi connectivity index (χ4n) is 1.83. The summed E-state index contributed by atoms with van der Waals surface area (Å²) in [5, 5.41) is 19.9. The molecule has 1 aromatic rings. The van der Waals surface area contributed by atoms with E-state index in [0.717, 1.165) is 0 Å². The number of carboxylic acid groups (broad SMARTS) is 1. The van der Waals surface area contributed by atoms with Gasteiger partial charge in [0, 0.05) is 31.4 Å². The van der Waals surface area contributed by atoms with Crippen LogP contribution in [0.2, 0.25) is 0 Å². The van der Waals surface area contributed by atoms with Crippen molar-refractivity contribution in [2.45, 2.75) is 26.9 Å².